The lowest BCUT2D eigenvalue weighted by atomic mass is 9.80. The van der Waals surface area contributed by atoms with Crippen LogP contribution in [0, 0.1) is 11.8 Å². The SMILES string of the molecule is CC1CCC(Nc2snc(N)c2-c2ccncc2)C(C)C1. The van der Waals surface area contributed by atoms with Crippen LogP contribution in [0.2, 0.25) is 0 Å². The third kappa shape index (κ3) is 3.02. The molecular formula is C16H22N4S. The number of hydrogen-bond donors (Lipinski definition) is 2. The maximum absolute atomic E-state index is 6.07. The van der Waals surface area contributed by atoms with Gasteiger partial charge in [-0.2, -0.15) is 4.37 Å². The van der Waals surface area contributed by atoms with Gasteiger partial charge in [0, 0.05) is 18.4 Å². The van der Waals surface area contributed by atoms with Crippen molar-refractivity contribution in [2.45, 2.75) is 39.2 Å². The van der Waals surface area contributed by atoms with Gasteiger partial charge in [0.05, 0.1) is 5.56 Å². The van der Waals surface area contributed by atoms with Crippen molar-refractivity contribution in [3.05, 3.63) is 24.5 Å². The minimum Gasteiger partial charge on any atom is -0.382 e. The molecule has 21 heavy (non-hydrogen) atoms. The minimum atomic E-state index is 0.515. The van der Waals surface area contributed by atoms with E-state index in [4.69, 9.17) is 5.73 Å². The number of nitrogen functional groups attached to an aromatic ring is 1. The zero-order valence-corrected chi connectivity index (χ0v) is 13.4. The van der Waals surface area contributed by atoms with Gasteiger partial charge in [-0.3, -0.25) is 4.98 Å². The van der Waals surface area contributed by atoms with Crippen LogP contribution in [0.4, 0.5) is 10.8 Å². The van der Waals surface area contributed by atoms with Gasteiger partial charge in [-0.15, -0.1) is 0 Å². The third-order valence-electron chi connectivity index (χ3n) is 4.44. The van der Waals surface area contributed by atoms with E-state index < -0.39 is 0 Å². The fourth-order valence-corrected chi connectivity index (χ4v) is 4.05. The maximum atomic E-state index is 6.07. The van der Waals surface area contributed by atoms with Gasteiger partial charge in [0.15, 0.2) is 0 Å². The van der Waals surface area contributed by atoms with E-state index in [9.17, 15) is 0 Å². The molecule has 1 aliphatic carbocycles. The Hall–Kier alpha value is -1.62. The van der Waals surface area contributed by atoms with Crippen molar-refractivity contribution < 1.29 is 0 Å². The smallest absolute Gasteiger partial charge is 0.147 e. The van der Waals surface area contributed by atoms with Crippen LogP contribution in [-0.4, -0.2) is 15.4 Å². The zero-order chi connectivity index (χ0) is 14.8. The highest BCUT2D eigenvalue weighted by Gasteiger charge is 2.27. The molecule has 1 saturated carbocycles. The van der Waals surface area contributed by atoms with Gasteiger partial charge in [-0.05, 0) is 60.3 Å². The number of rotatable bonds is 3. The number of aromatic nitrogens is 2. The molecule has 3 N–H and O–H groups in total. The lowest BCUT2D eigenvalue weighted by Crippen LogP contribution is -2.32. The molecule has 0 aromatic carbocycles. The van der Waals surface area contributed by atoms with Gasteiger partial charge >= 0.3 is 0 Å². The molecule has 0 saturated heterocycles. The summed E-state index contributed by atoms with van der Waals surface area (Å²) in [6.45, 7) is 4.68. The summed E-state index contributed by atoms with van der Waals surface area (Å²) in [4.78, 5) is 4.07. The first-order valence-electron chi connectivity index (χ1n) is 7.57. The fraction of sp³-hybridized carbons (Fsp3) is 0.500. The predicted octanol–water partition coefficient (Wildman–Crippen LogP) is 4.02. The molecular weight excluding hydrogens is 280 g/mol. The zero-order valence-electron chi connectivity index (χ0n) is 12.5. The van der Waals surface area contributed by atoms with Crippen molar-refractivity contribution in [3.8, 4) is 11.1 Å². The number of nitrogens with zero attached hydrogens (tertiary/aromatic N) is 2. The Bertz CT molecular complexity index is 596. The van der Waals surface area contributed by atoms with Crippen LogP contribution in [0.1, 0.15) is 33.1 Å². The summed E-state index contributed by atoms with van der Waals surface area (Å²) in [5.74, 6) is 2.12. The van der Waals surface area contributed by atoms with Crippen molar-refractivity contribution in [2.24, 2.45) is 11.8 Å². The van der Waals surface area contributed by atoms with Crippen molar-refractivity contribution in [1.82, 2.24) is 9.36 Å². The van der Waals surface area contributed by atoms with E-state index in [0.717, 1.165) is 22.0 Å². The summed E-state index contributed by atoms with van der Waals surface area (Å²) in [6, 6.07) is 4.48. The van der Waals surface area contributed by atoms with Crippen LogP contribution in [0.15, 0.2) is 24.5 Å². The number of nitrogens with one attached hydrogen (secondary N) is 1. The molecule has 1 fully saturated rings. The average molecular weight is 302 g/mol. The van der Waals surface area contributed by atoms with Gasteiger partial charge in [0.2, 0.25) is 0 Å². The first-order valence-corrected chi connectivity index (χ1v) is 8.34. The van der Waals surface area contributed by atoms with E-state index in [-0.39, 0.29) is 0 Å². The average Bonchev–Trinajstić information content (AvgIpc) is 2.84. The Kier molecular flexibility index (Phi) is 4.10. The van der Waals surface area contributed by atoms with E-state index in [1.54, 1.807) is 12.4 Å². The quantitative estimate of drug-likeness (QED) is 0.898. The van der Waals surface area contributed by atoms with Crippen LogP contribution >= 0.6 is 11.5 Å². The molecule has 2 aromatic heterocycles. The Morgan fingerprint density at radius 3 is 2.71 bits per heavy atom. The molecule has 2 heterocycles. The summed E-state index contributed by atoms with van der Waals surface area (Å²) in [7, 11) is 0. The van der Waals surface area contributed by atoms with E-state index in [2.05, 4.69) is 28.5 Å². The molecule has 0 radical (unpaired) electrons. The minimum absolute atomic E-state index is 0.515. The second-order valence-electron chi connectivity index (χ2n) is 6.15. The maximum Gasteiger partial charge on any atom is 0.147 e. The number of pyridine rings is 1. The lowest BCUT2D eigenvalue weighted by Gasteiger charge is -2.33. The molecule has 4 nitrogen and oxygen atoms in total. The standard InChI is InChI=1S/C16H22N4S/c1-10-3-4-13(11(2)9-10)19-16-14(15(17)20-21-16)12-5-7-18-8-6-12/h5-8,10-11,13,19H,3-4,9H2,1-2H3,(H2,17,20). The van der Waals surface area contributed by atoms with E-state index in [1.807, 2.05) is 12.1 Å². The van der Waals surface area contributed by atoms with E-state index in [0.29, 0.717) is 17.8 Å². The molecule has 1 aliphatic rings. The Morgan fingerprint density at radius 1 is 1.24 bits per heavy atom. The summed E-state index contributed by atoms with van der Waals surface area (Å²) in [5.41, 5.74) is 8.17. The molecule has 0 amide bonds. The Morgan fingerprint density at radius 2 is 2.00 bits per heavy atom. The largest absolute Gasteiger partial charge is 0.382 e. The number of hydrogen-bond acceptors (Lipinski definition) is 5. The molecule has 3 atom stereocenters. The molecule has 112 valence electrons. The van der Waals surface area contributed by atoms with Crippen LogP contribution < -0.4 is 11.1 Å². The first-order chi connectivity index (χ1) is 10.1. The molecule has 3 unspecified atom stereocenters. The molecule has 0 aliphatic heterocycles. The van der Waals surface area contributed by atoms with Gasteiger partial charge < -0.3 is 11.1 Å². The van der Waals surface area contributed by atoms with Crippen LogP contribution in [0.5, 0.6) is 0 Å². The normalized spacial score (nSPS) is 25.7. The van der Waals surface area contributed by atoms with Crippen molar-refractivity contribution in [3.63, 3.8) is 0 Å². The second kappa shape index (κ2) is 6.02. The predicted molar refractivity (Wildman–Crippen MR) is 89.3 cm³/mol. The highest BCUT2D eigenvalue weighted by molar-refractivity contribution is 7.11. The summed E-state index contributed by atoms with van der Waals surface area (Å²) in [6.07, 6.45) is 7.38. The molecule has 5 heteroatoms. The van der Waals surface area contributed by atoms with Gasteiger partial charge in [-0.1, -0.05) is 13.8 Å². The highest BCUT2D eigenvalue weighted by atomic mass is 32.1. The van der Waals surface area contributed by atoms with Crippen molar-refractivity contribution in [2.75, 3.05) is 11.1 Å². The second-order valence-corrected chi connectivity index (χ2v) is 6.93. The van der Waals surface area contributed by atoms with Gasteiger partial charge in [0.25, 0.3) is 0 Å². The third-order valence-corrected chi connectivity index (χ3v) is 5.23. The molecule has 3 rings (SSSR count). The van der Waals surface area contributed by atoms with Crippen molar-refractivity contribution >= 4 is 22.4 Å². The topological polar surface area (TPSA) is 63.8 Å². The number of anilines is 2. The highest BCUT2D eigenvalue weighted by Crippen LogP contribution is 2.39. The van der Waals surface area contributed by atoms with E-state index >= 15 is 0 Å². The lowest BCUT2D eigenvalue weighted by molar-refractivity contribution is 0.277. The van der Waals surface area contributed by atoms with Crippen LogP contribution in [-0.2, 0) is 0 Å². The Balaban J connectivity index is 1.84. The van der Waals surface area contributed by atoms with E-state index in [1.165, 1.54) is 30.8 Å². The van der Waals surface area contributed by atoms with Crippen molar-refractivity contribution in [1.29, 1.82) is 0 Å². The van der Waals surface area contributed by atoms with Gasteiger partial charge in [0.1, 0.15) is 10.8 Å². The van der Waals surface area contributed by atoms with Gasteiger partial charge in [-0.25, -0.2) is 0 Å². The molecule has 2 aromatic rings. The Labute approximate surface area is 130 Å². The van der Waals surface area contributed by atoms with Crippen LogP contribution in [0.3, 0.4) is 0 Å². The molecule has 0 bridgehead atoms. The summed E-state index contributed by atoms with van der Waals surface area (Å²) < 4.78 is 4.33. The number of nitrogens with two attached hydrogens (primary N) is 1. The molecule has 0 spiro atoms. The van der Waals surface area contributed by atoms with Crippen LogP contribution in [0.25, 0.3) is 11.1 Å². The summed E-state index contributed by atoms with van der Waals surface area (Å²) >= 11 is 1.46. The summed E-state index contributed by atoms with van der Waals surface area (Å²) in [5, 5.41) is 4.78. The fourth-order valence-electron chi connectivity index (χ4n) is 3.25. The monoisotopic (exact) mass is 302 g/mol. The first kappa shape index (κ1) is 14.3.